The molecule has 0 amide bonds. The Hall–Kier alpha value is -0.670. The number of hydrogen-bond acceptors (Lipinski definition) is 3. The van der Waals surface area contributed by atoms with Gasteiger partial charge in [-0.1, -0.05) is 6.08 Å². The summed E-state index contributed by atoms with van der Waals surface area (Å²) in [4.78, 5) is 13.7. The van der Waals surface area contributed by atoms with Crippen molar-refractivity contribution in [3.05, 3.63) is 11.6 Å². The smallest absolute Gasteiger partial charge is 0.159 e. The summed E-state index contributed by atoms with van der Waals surface area (Å²) in [5.41, 5.74) is 6.77. The Morgan fingerprint density at radius 1 is 1.64 bits per heavy atom. The van der Waals surface area contributed by atoms with Crippen LogP contribution in [0.2, 0.25) is 0 Å². The first-order valence-electron chi connectivity index (χ1n) is 5.22. The van der Waals surface area contributed by atoms with Gasteiger partial charge in [-0.15, -0.1) is 0 Å². The summed E-state index contributed by atoms with van der Waals surface area (Å²) in [6.07, 6.45) is 5.42. The van der Waals surface area contributed by atoms with Crippen LogP contribution in [0.25, 0.3) is 0 Å². The van der Waals surface area contributed by atoms with Gasteiger partial charge in [0.05, 0.1) is 0 Å². The summed E-state index contributed by atoms with van der Waals surface area (Å²) in [5, 5.41) is 0. The van der Waals surface area contributed by atoms with Crippen molar-refractivity contribution in [2.24, 2.45) is 5.73 Å². The fraction of sp³-hybridized carbons (Fsp3) is 0.727. The van der Waals surface area contributed by atoms with Gasteiger partial charge in [0, 0.05) is 19.0 Å². The molecule has 1 aliphatic rings. The number of carbonyl (C=O) groups excluding carboxylic acids is 1. The van der Waals surface area contributed by atoms with Crippen molar-refractivity contribution >= 4 is 5.78 Å². The van der Waals surface area contributed by atoms with Gasteiger partial charge in [-0.25, -0.2) is 0 Å². The minimum absolute atomic E-state index is 0.193. The van der Waals surface area contributed by atoms with Gasteiger partial charge in [-0.05, 0) is 38.9 Å². The molecule has 0 aromatic carbocycles. The van der Waals surface area contributed by atoms with Crippen LogP contribution in [0, 0.1) is 0 Å². The van der Waals surface area contributed by atoms with E-state index >= 15 is 0 Å². The van der Waals surface area contributed by atoms with Crippen molar-refractivity contribution in [1.82, 2.24) is 4.90 Å². The van der Waals surface area contributed by atoms with Gasteiger partial charge in [0.2, 0.25) is 0 Å². The van der Waals surface area contributed by atoms with E-state index in [0.717, 1.165) is 31.4 Å². The normalized spacial score (nSPS) is 22.3. The molecule has 0 spiro atoms. The van der Waals surface area contributed by atoms with E-state index in [1.165, 1.54) is 0 Å². The van der Waals surface area contributed by atoms with E-state index in [-0.39, 0.29) is 11.8 Å². The van der Waals surface area contributed by atoms with Gasteiger partial charge in [0.1, 0.15) is 0 Å². The molecule has 0 aromatic rings. The maximum atomic E-state index is 11.7. The van der Waals surface area contributed by atoms with Gasteiger partial charge in [0.25, 0.3) is 0 Å². The molecule has 3 nitrogen and oxygen atoms in total. The Bertz CT molecular complexity index is 233. The van der Waals surface area contributed by atoms with Crippen molar-refractivity contribution in [2.45, 2.75) is 31.7 Å². The zero-order valence-electron chi connectivity index (χ0n) is 9.12. The van der Waals surface area contributed by atoms with Crippen molar-refractivity contribution < 1.29 is 4.79 Å². The fourth-order valence-electron chi connectivity index (χ4n) is 1.65. The molecule has 80 valence electrons. The van der Waals surface area contributed by atoms with Crippen molar-refractivity contribution in [3.63, 3.8) is 0 Å². The zero-order chi connectivity index (χ0) is 10.6. The highest BCUT2D eigenvalue weighted by Crippen LogP contribution is 2.18. The van der Waals surface area contributed by atoms with Crippen molar-refractivity contribution in [1.29, 1.82) is 0 Å². The Morgan fingerprint density at radius 3 is 2.93 bits per heavy atom. The number of nitrogens with two attached hydrogens (primary N) is 1. The maximum absolute atomic E-state index is 11.7. The molecule has 0 saturated heterocycles. The first-order valence-corrected chi connectivity index (χ1v) is 5.22. The number of Topliss-reactive ketones (excluding diaryl/α,β-unsaturated/α-hetero) is 1. The van der Waals surface area contributed by atoms with Crippen molar-refractivity contribution in [2.75, 3.05) is 20.6 Å². The highest BCUT2D eigenvalue weighted by molar-refractivity contribution is 5.95. The highest BCUT2D eigenvalue weighted by Gasteiger charge is 2.16. The number of carbonyl (C=O) groups is 1. The lowest BCUT2D eigenvalue weighted by Crippen LogP contribution is -2.26. The lowest BCUT2D eigenvalue weighted by atomic mass is 9.92. The monoisotopic (exact) mass is 196 g/mol. The predicted molar refractivity (Wildman–Crippen MR) is 58.1 cm³/mol. The zero-order valence-corrected chi connectivity index (χ0v) is 9.12. The van der Waals surface area contributed by atoms with E-state index < -0.39 is 0 Å². The molecule has 1 atom stereocenters. The summed E-state index contributed by atoms with van der Waals surface area (Å²) >= 11 is 0. The quantitative estimate of drug-likeness (QED) is 0.728. The largest absolute Gasteiger partial charge is 0.327 e. The van der Waals surface area contributed by atoms with Gasteiger partial charge < -0.3 is 10.6 Å². The summed E-state index contributed by atoms with van der Waals surface area (Å²) in [7, 11) is 3.96. The minimum Gasteiger partial charge on any atom is -0.327 e. The molecule has 1 aliphatic carbocycles. The maximum Gasteiger partial charge on any atom is 0.159 e. The van der Waals surface area contributed by atoms with E-state index in [4.69, 9.17) is 5.73 Å². The molecule has 0 heterocycles. The van der Waals surface area contributed by atoms with E-state index in [0.29, 0.717) is 6.42 Å². The molecule has 14 heavy (non-hydrogen) atoms. The van der Waals surface area contributed by atoms with Crippen LogP contribution < -0.4 is 5.73 Å². The van der Waals surface area contributed by atoms with Gasteiger partial charge >= 0.3 is 0 Å². The average Bonchev–Trinajstić information content (AvgIpc) is 2.14. The summed E-state index contributed by atoms with van der Waals surface area (Å²) < 4.78 is 0. The SMILES string of the molecule is CN(C)CCC(=O)C1=CCCC(N)C1. The first kappa shape index (κ1) is 11.4. The number of hydrogen-bond donors (Lipinski definition) is 1. The topological polar surface area (TPSA) is 46.3 Å². The molecule has 2 N–H and O–H groups in total. The third kappa shape index (κ3) is 3.60. The molecular weight excluding hydrogens is 176 g/mol. The first-order chi connectivity index (χ1) is 6.59. The highest BCUT2D eigenvalue weighted by atomic mass is 16.1. The predicted octanol–water partition coefficient (Wildman–Crippen LogP) is 0.945. The Kier molecular flexibility index (Phi) is 4.29. The van der Waals surface area contributed by atoms with Gasteiger partial charge in [-0.3, -0.25) is 4.79 Å². The van der Waals surface area contributed by atoms with Gasteiger partial charge in [-0.2, -0.15) is 0 Å². The Labute approximate surface area is 86.0 Å². The molecule has 0 bridgehead atoms. The molecule has 1 unspecified atom stereocenters. The molecule has 0 saturated carbocycles. The lowest BCUT2D eigenvalue weighted by Gasteiger charge is -2.18. The van der Waals surface area contributed by atoms with Crippen LogP contribution in [0.1, 0.15) is 25.7 Å². The van der Waals surface area contributed by atoms with E-state index in [1.807, 2.05) is 19.0 Å². The van der Waals surface area contributed by atoms with Crippen LogP contribution in [-0.2, 0) is 4.79 Å². The van der Waals surface area contributed by atoms with E-state index in [1.54, 1.807) is 0 Å². The third-order valence-electron chi connectivity index (χ3n) is 2.55. The second kappa shape index (κ2) is 5.27. The lowest BCUT2D eigenvalue weighted by molar-refractivity contribution is -0.116. The molecular formula is C11H20N2O. The Balaban J connectivity index is 2.40. The summed E-state index contributed by atoms with van der Waals surface area (Å²) in [5.74, 6) is 0.272. The molecule has 0 aliphatic heterocycles. The third-order valence-corrected chi connectivity index (χ3v) is 2.55. The van der Waals surface area contributed by atoms with Crippen LogP contribution >= 0.6 is 0 Å². The van der Waals surface area contributed by atoms with Crippen LogP contribution in [0.15, 0.2) is 11.6 Å². The fourth-order valence-corrected chi connectivity index (χ4v) is 1.65. The summed E-state index contributed by atoms with van der Waals surface area (Å²) in [6.45, 7) is 0.825. The second-order valence-corrected chi connectivity index (χ2v) is 4.25. The molecule has 3 heteroatoms. The van der Waals surface area contributed by atoms with Crippen LogP contribution in [0.4, 0.5) is 0 Å². The number of allylic oxidation sites excluding steroid dienone is 1. The average molecular weight is 196 g/mol. The van der Waals surface area contributed by atoms with Gasteiger partial charge in [0.15, 0.2) is 5.78 Å². The second-order valence-electron chi connectivity index (χ2n) is 4.25. The number of rotatable bonds is 4. The van der Waals surface area contributed by atoms with E-state index in [9.17, 15) is 4.79 Å². The van der Waals surface area contributed by atoms with E-state index in [2.05, 4.69) is 6.08 Å². The molecule has 0 aromatic heterocycles. The number of nitrogens with zero attached hydrogens (tertiary/aromatic N) is 1. The standard InChI is InChI=1S/C11H20N2O/c1-13(2)7-6-11(14)9-4-3-5-10(12)8-9/h4,10H,3,5-8,12H2,1-2H3. The number of ketones is 1. The van der Waals surface area contributed by atoms with Crippen molar-refractivity contribution in [3.8, 4) is 0 Å². The molecule has 0 fully saturated rings. The van der Waals surface area contributed by atoms with Crippen LogP contribution in [0.5, 0.6) is 0 Å². The van der Waals surface area contributed by atoms with Crippen LogP contribution in [-0.4, -0.2) is 37.4 Å². The van der Waals surface area contributed by atoms with Crippen LogP contribution in [0.3, 0.4) is 0 Å². The molecule has 1 rings (SSSR count). The summed E-state index contributed by atoms with van der Waals surface area (Å²) in [6, 6.07) is 0.193. The Morgan fingerprint density at radius 2 is 2.36 bits per heavy atom. The minimum atomic E-state index is 0.193. The molecule has 0 radical (unpaired) electrons.